The first kappa shape index (κ1) is 11.6. The fraction of sp³-hybridized carbons (Fsp3) is 0.533. The van der Waals surface area contributed by atoms with E-state index in [9.17, 15) is 0 Å². The maximum atomic E-state index is 6.03. The molecule has 1 aliphatic heterocycles. The maximum absolute atomic E-state index is 6.03. The standard InChI is InChI=1S/C15H21N3/c1-10-5-11(2)7-13(6-10)14-8-17-15(16)18(14)9-12-3-4-12/h5-7,12,14H,3-4,8-9H2,1-2H3,(H2,16,17). The third kappa shape index (κ3) is 2.22. The summed E-state index contributed by atoms with van der Waals surface area (Å²) in [4.78, 5) is 6.73. The molecule has 3 nitrogen and oxygen atoms in total. The molecule has 3 heteroatoms. The molecular weight excluding hydrogens is 222 g/mol. The van der Waals surface area contributed by atoms with Crippen LogP contribution in [0, 0.1) is 19.8 Å². The summed E-state index contributed by atoms with van der Waals surface area (Å²) in [5.74, 6) is 1.57. The van der Waals surface area contributed by atoms with Crippen LogP contribution in [0.25, 0.3) is 0 Å². The minimum atomic E-state index is 0.351. The molecule has 1 aromatic carbocycles. The van der Waals surface area contributed by atoms with Gasteiger partial charge >= 0.3 is 0 Å². The van der Waals surface area contributed by atoms with Crippen LogP contribution >= 0.6 is 0 Å². The number of hydrogen-bond donors (Lipinski definition) is 1. The van der Waals surface area contributed by atoms with Gasteiger partial charge in [0.15, 0.2) is 5.96 Å². The first-order valence-corrected chi connectivity index (χ1v) is 6.78. The molecule has 96 valence electrons. The fourth-order valence-corrected chi connectivity index (χ4v) is 2.82. The van der Waals surface area contributed by atoms with Crippen LogP contribution < -0.4 is 5.73 Å². The van der Waals surface area contributed by atoms with Crippen molar-refractivity contribution in [3.63, 3.8) is 0 Å². The summed E-state index contributed by atoms with van der Waals surface area (Å²) in [6.07, 6.45) is 2.70. The molecule has 2 aliphatic rings. The lowest BCUT2D eigenvalue weighted by Gasteiger charge is -2.27. The second kappa shape index (κ2) is 4.30. The Bertz CT molecular complexity index is 468. The highest BCUT2D eigenvalue weighted by atomic mass is 15.3. The smallest absolute Gasteiger partial charge is 0.191 e. The fourth-order valence-electron chi connectivity index (χ4n) is 2.82. The van der Waals surface area contributed by atoms with Crippen LogP contribution in [-0.2, 0) is 0 Å². The number of guanidine groups is 1. The summed E-state index contributed by atoms with van der Waals surface area (Å²) >= 11 is 0. The normalized spacial score (nSPS) is 23.3. The van der Waals surface area contributed by atoms with Crippen molar-refractivity contribution in [3.05, 3.63) is 34.9 Å². The first-order valence-electron chi connectivity index (χ1n) is 6.78. The molecule has 1 atom stereocenters. The van der Waals surface area contributed by atoms with Crippen molar-refractivity contribution in [2.75, 3.05) is 13.1 Å². The Labute approximate surface area is 109 Å². The van der Waals surface area contributed by atoms with Gasteiger partial charge in [-0.25, -0.2) is 0 Å². The maximum Gasteiger partial charge on any atom is 0.191 e. The minimum Gasteiger partial charge on any atom is -0.370 e. The molecule has 0 saturated heterocycles. The number of nitrogens with two attached hydrogens (primary N) is 1. The quantitative estimate of drug-likeness (QED) is 0.885. The van der Waals surface area contributed by atoms with Crippen LogP contribution in [0.3, 0.4) is 0 Å². The number of rotatable bonds is 3. The Hall–Kier alpha value is -1.51. The van der Waals surface area contributed by atoms with Crippen LogP contribution in [0.5, 0.6) is 0 Å². The van der Waals surface area contributed by atoms with Crippen LogP contribution in [0.15, 0.2) is 23.2 Å². The van der Waals surface area contributed by atoms with Crippen LogP contribution in [0.2, 0.25) is 0 Å². The van der Waals surface area contributed by atoms with Gasteiger partial charge in [-0.15, -0.1) is 0 Å². The minimum absolute atomic E-state index is 0.351. The Morgan fingerprint density at radius 3 is 2.50 bits per heavy atom. The van der Waals surface area contributed by atoms with E-state index in [0.717, 1.165) is 25.0 Å². The zero-order valence-electron chi connectivity index (χ0n) is 11.2. The monoisotopic (exact) mass is 243 g/mol. The highest BCUT2D eigenvalue weighted by molar-refractivity contribution is 5.80. The second-order valence-electron chi connectivity index (χ2n) is 5.73. The predicted molar refractivity (Wildman–Crippen MR) is 74.6 cm³/mol. The van der Waals surface area contributed by atoms with Gasteiger partial charge in [-0.2, -0.15) is 0 Å². The third-order valence-electron chi connectivity index (χ3n) is 3.88. The van der Waals surface area contributed by atoms with Crippen molar-refractivity contribution < 1.29 is 0 Å². The molecule has 1 saturated carbocycles. The van der Waals surface area contributed by atoms with Crippen molar-refractivity contribution in [1.29, 1.82) is 0 Å². The van der Waals surface area contributed by atoms with Crippen molar-refractivity contribution in [2.24, 2.45) is 16.6 Å². The van der Waals surface area contributed by atoms with Crippen molar-refractivity contribution in [1.82, 2.24) is 4.90 Å². The molecule has 1 aliphatic carbocycles. The van der Waals surface area contributed by atoms with Crippen LogP contribution in [-0.4, -0.2) is 23.9 Å². The van der Waals surface area contributed by atoms with E-state index in [4.69, 9.17) is 5.73 Å². The Balaban J connectivity index is 1.85. The van der Waals surface area contributed by atoms with Gasteiger partial charge in [-0.1, -0.05) is 29.3 Å². The summed E-state index contributed by atoms with van der Waals surface area (Å²) in [6.45, 7) is 6.19. The van der Waals surface area contributed by atoms with E-state index < -0.39 is 0 Å². The Kier molecular flexibility index (Phi) is 2.77. The van der Waals surface area contributed by atoms with Crippen LogP contribution in [0.1, 0.15) is 35.6 Å². The van der Waals surface area contributed by atoms with E-state index in [1.54, 1.807) is 0 Å². The van der Waals surface area contributed by atoms with E-state index in [1.807, 2.05) is 0 Å². The van der Waals surface area contributed by atoms with Crippen LogP contribution in [0.4, 0.5) is 0 Å². The van der Waals surface area contributed by atoms with Crippen molar-refractivity contribution in [2.45, 2.75) is 32.7 Å². The molecule has 0 spiro atoms. The molecule has 2 N–H and O–H groups in total. The van der Waals surface area contributed by atoms with E-state index in [1.165, 1.54) is 29.5 Å². The average Bonchev–Trinajstić information content (AvgIpc) is 3.03. The molecule has 18 heavy (non-hydrogen) atoms. The lowest BCUT2D eigenvalue weighted by atomic mass is 10.0. The zero-order chi connectivity index (χ0) is 12.7. The molecule has 0 radical (unpaired) electrons. The largest absolute Gasteiger partial charge is 0.370 e. The van der Waals surface area contributed by atoms with Gasteiger partial charge in [0.1, 0.15) is 0 Å². The number of aryl methyl sites for hydroxylation is 2. The number of aliphatic imine (C=N–C) groups is 1. The van der Waals surface area contributed by atoms with E-state index in [0.29, 0.717) is 6.04 Å². The molecular formula is C15H21N3. The molecule has 0 amide bonds. The topological polar surface area (TPSA) is 41.6 Å². The lowest BCUT2D eigenvalue weighted by molar-refractivity contribution is 0.333. The average molecular weight is 243 g/mol. The van der Waals surface area contributed by atoms with Gasteiger partial charge in [-0.05, 0) is 38.2 Å². The predicted octanol–water partition coefficient (Wildman–Crippen LogP) is 2.38. The highest BCUT2D eigenvalue weighted by Crippen LogP contribution is 2.34. The molecule has 0 aromatic heterocycles. The summed E-state index contributed by atoms with van der Waals surface area (Å²) in [5, 5.41) is 0. The van der Waals surface area contributed by atoms with Gasteiger partial charge < -0.3 is 10.6 Å². The van der Waals surface area contributed by atoms with E-state index in [-0.39, 0.29) is 0 Å². The zero-order valence-corrected chi connectivity index (χ0v) is 11.2. The summed E-state index contributed by atoms with van der Waals surface area (Å²) in [5.41, 5.74) is 10.0. The van der Waals surface area contributed by atoms with Gasteiger partial charge in [-0.3, -0.25) is 4.99 Å². The lowest BCUT2D eigenvalue weighted by Crippen LogP contribution is -2.37. The second-order valence-corrected chi connectivity index (χ2v) is 5.73. The SMILES string of the molecule is Cc1cc(C)cc(C2CN=C(N)N2CC2CC2)c1. The van der Waals surface area contributed by atoms with E-state index >= 15 is 0 Å². The first-order chi connectivity index (χ1) is 8.63. The molecule has 3 rings (SSSR count). The third-order valence-corrected chi connectivity index (χ3v) is 3.88. The van der Waals surface area contributed by atoms with Crippen molar-refractivity contribution >= 4 is 5.96 Å². The highest BCUT2D eigenvalue weighted by Gasteiger charge is 2.33. The number of hydrogen-bond acceptors (Lipinski definition) is 3. The number of benzene rings is 1. The summed E-state index contributed by atoms with van der Waals surface area (Å²) < 4.78 is 0. The molecule has 1 aromatic rings. The molecule has 0 bridgehead atoms. The molecule has 1 fully saturated rings. The Morgan fingerprint density at radius 2 is 1.89 bits per heavy atom. The summed E-state index contributed by atoms with van der Waals surface area (Å²) in [7, 11) is 0. The van der Waals surface area contributed by atoms with E-state index in [2.05, 4.69) is 41.9 Å². The van der Waals surface area contributed by atoms with Gasteiger partial charge in [0, 0.05) is 6.54 Å². The Morgan fingerprint density at radius 1 is 1.22 bits per heavy atom. The molecule has 1 heterocycles. The van der Waals surface area contributed by atoms with Gasteiger partial charge in [0.05, 0.1) is 12.6 Å². The molecule has 1 unspecified atom stereocenters. The van der Waals surface area contributed by atoms with Crippen molar-refractivity contribution in [3.8, 4) is 0 Å². The van der Waals surface area contributed by atoms with Gasteiger partial charge in [0.25, 0.3) is 0 Å². The van der Waals surface area contributed by atoms with Gasteiger partial charge in [0.2, 0.25) is 0 Å². The summed E-state index contributed by atoms with van der Waals surface area (Å²) in [6, 6.07) is 7.11. The number of nitrogens with zero attached hydrogens (tertiary/aromatic N) is 2.